The number of nitrogens with zero attached hydrogens (tertiary/aromatic N) is 1. The summed E-state index contributed by atoms with van der Waals surface area (Å²) in [6, 6.07) is 20.8. The van der Waals surface area contributed by atoms with Gasteiger partial charge in [-0.05, 0) is 11.1 Å². The van der Waals surface area contributed by atoms with Crippen LogP contribution in [0.2, 0.25) is 0 Å². The van der Waals surface area contributed by atoms with Crippen LogP contribution in [-0.4, -0.2) is 5.11 Å². The smallest absolute Gasteiger partial charge is 0.283 e. The third-order valence-electron chi connectivity index (χ3n) is 1.88. The zero-order chi connectivity index (χ0) is 10.9. The summed E-state index contributed by atoms with van der Waals surface area (Å²) < 4.78 is 0. The van der Waals surface area contributed by atoms with E-state index in [1.54, 1.807) is 0 Å². The lowest BCUT2D eigenvalue weighted by molar-refractivity contribution is 0.503. The van der Waals surface area contributed by atoms with Gasteiger partial charge in [-0.3, -0.25) is 0 Å². The fourth-order valence-corrected chi connectivity index (χ4v) is 1.26. The van der Waals surface area contributed by atoms with E-state index in [9.17, 15) is 0 Å². The van der Waals surface area contributed by atoms with Gasteiger partial charge in [-0.15, -0.1) is 0 Å². The summed E-state index contributed by atoms with van der Waals surface area (Å²) in [6.45, 7) is 0. The predicted molar refractivity (Wildman–Crippen MR) is 59.4 cm³/mol. The van der Waals surface area contributed by atoms with Crippen LogP contribution in [0.25, 0.3) is 11.1 Å². The second-order valence-electron chi connectivity index (χ2n) is 2.83. The molecule has 0 saturated heterocycles. The standard InChI is InChI=1S/C12H10.CHNO/c1-3-7-11(8-4-1)12-9-5-2-6-10-12;2-1-3/h1-10H;3H. The number of rotatable bonds is 1. The van der Waals surface area contributed by atoms with Gasteiger partial charge in [-0.1, -0.05) is 60.7 Å². The Labute approximate surface area is 89.0 Å². The number of hydrogen-bond donors (Lipinski definition) is 1. The van der Waals surface area contributed by atoms with Gasteiger partial charge in [-0.25, -0.2) is 0 Å². The van der Waals surface area contributed by atoms with Gasteiger partial charge < -0.3 is 5.11 Å². The normalized spacial score (nSPS) is 8.20. The molecule has 0 radical (unpaired) electrons. The predicted octanol–water partition coefficient (Wildman–Crippen LogP) is 3.19. The molecule has 15 heavy (non-hydrogen) atoms. The van der Waals surface area contributed by atoms with Crippen molar-refractivity contribution in [1.82, 2.24) is 0 Å². The maximum Gasteiger partial charge on any atom is 0.283 e. The SMILES string of the molecule is N#CO.c1ccc(-c2ccccc2)cc1. The fraction of sp³-hybridized carbons (Fsp3) is 0. The van der Waals surface area contributed by atoms with Crippen molar-refractivity contribution in [1.29, 1.82) is 5.26 Å². The Morgan fingerprint density at radius 1 is 0.733 bits per heavy atom. The van der Waals surface area contributed by atoms with E-state index in [2.05, 4.69) is 48.5 Å². The van der Waals surface area contributed by atoms with Crippen LogP contribution < -0.4 is 0 Å². The van der Waals surface area contributed by atoms with Crippen molar-refractivity contribution in [3.05, 3.63) is 60.7 Å². The third-order valence-corrected chi connectivity index (χ3v) is 1.88. The molecule has 0 aliphatic heterocycles. The lowest BCUT2D eigenvalue weighted by Crippen LogP contribution is -1.73. The molecule has 0 unspecified atom stereocenters. The summed E-state index contributed by atoms with van der Waals surface area (Å²) >= 11 is 0. The Kier molecular flexibility index (Phi) is 4.49. The molecule has 2 nitrogen and oxygen atoms in total. The summed E-state index contributed by atoms with van der Waals surface area (Å²) in [6.07, 6.45) is 0.750. The van der Waals surface area contributed by atoms with Crippen molar-refractivity contribution in [3.8, 4) is 17.4 Å². The van der Waals surface area contributed by atoms with Crippen molar-refractivity contribution >= 4 is 0 Å². The molecule has 0 bridgehead atoms. The Morgan fingerprint density at radius 3 is 1.27 bits per heavy atom. The van der Waals surface area contributed by atoms with Crippen molar-refractivity contribution < 1.29 is 5.11 Å². The summed E-state index contributed by atoms with van der Waals surface area (Å²) in [7, 11) is 0. The second-order valence-corrected chi connectivity index (χ2v) is 2.83. The van der Waals surface area contributed by atoms with E-state index in [-0.39, 0.29) is 0 Å². The number of nitriles is 1. The minimum atomic E-state index is 0.750. The molecule has 0 amide bonds. The van der Waals surface area contributed by atoms with Crippen LogP contribution in [0.5, 0.6) is 0 Å². The van der Waals surface area contributed by atoms with Gasteiger partial charge in [0.05, 0.1) is 0 Å². The van der Waals surface area contributed by atoms with Gasteiger partial charge in [0.2, 0.25) is 0 Å². The maximum absolute atomic E-state index is 6.88. The summed E-state index contributed by atoms with van der Waals surface area (Å²) in [5.41, 5.74) is 2.55. The molecule has 1 N–H and O–H groups in total. The van der Waals surface area contributed by atoms with Gasteiger partial charge in [0.15, 0.2) is 0 Å². The van der Waals surface area contributed by atoms with Crippen LogP contribution in [0, 0.1) is 11.5 Å². The molecular formula is C13H11NO. The lowest BCUT2D eigenvalue weighted by Gasteiger charge is -1.98. The topological polar surface area (TPSA) is 44.0 Å². The molecule has 2 rings (SSSR count). The van der Waals surface area contributed by atoms with E-state index in [0.29, 0.717) is 0 Å². The van der Waals surface area contributed by atoms with Crippen molar-refractivity contribution in [3.63, 3.8) is 0 Å². The van der Waals surface area contributed by atoms with Crippen LogP contribution in [0.1, 0.15) is 0 Å². The Morgan fingerprint density at radius 2 is 1.00 bits per heavy atom. The molecule has 0 aromatic heterocycles. The zero-order valence-electron chi connectivity index (χ0n) is 8.17. The summed E-state index contributed by atoms with van der Waals surface area (Å²) in [5.74, 6) is 0. The van der Waals surface area contributed by atoms with Crippen LogP contribution in [0.4, 0.5) is 0 Å². The molecule has 2 aromatic carbocycles. The van der Waals surface area contributed by atoms with Gasteiger partial charge in [0.25, 0.3) is 6.26 Å². The van der Waals surface area contributed by atoms with E-state index in [1.165, 1.54) is 11.1 Å². The molecule has 0 aliphatic carbocycles. The summed E-state index contributed by atoms with van der Waals surface area (Å²) in [5, 5.41) is 13.8. The highest BCUT2D eigenvalue weighted by Gasteiger charge is 1.91. The molecule has 0 aliphatic rings. The van der Waals surface area contributed by atoms with Crippen molar-refractivity contribution in [2.75, 3.05) is 0 Å². The molecular weight excluding hydrogens is 186 g/mol. The Hall–Kier alpha value is -2.27. The molecule has 0 fully saturated rings. The van der Waals surface area contributed by atoms with E-state index < -0.39 is 0 Å². The number of benzene rings is 2. The fourth-order valence-electron chi connectivity index (χ4n) is 1.26. The van der Waals surface area contributed by atoms with E-state index in [1.807, 2.05) is 12.1 Å². The first kappa shape index (κ1) is 10.8. The van der Waals surface area contributed by atoms with Crippen molar-refractivity contribution in [2.24, 2.45) is 0 Å². The van der Waals surface area contributed by atoms with Crippen molar-refractivity contribution in [2.45, 2.75) is 0 Å². The second kappa shape index (κ2) is 6.22. The lowest BCUT2D eigenvalue weighted by atomic mass is 10.1. The molecule has 74 valence electrons. The first-order valence-corrected chi connectivity index (χ1v) is 4.52. The molecule has 0 heterocycles. The maximum atomic E-state index is 6.88. The number of aliphatic hydroxyl groups is 1. The zero-order valence-corrected chi connectivity index (χ0v) is 8.17. The van der Waals surface area contributed by atoms with Crippen LogP contribution in [0.15, 0.2) is 60.7 Å². The van der Waals surface area contributed by atoms with Gasteiger partial charge in [0, 0.05) is 0 Å². The molecule has 2 heteroatoms. The average molecular weight is 197 g/mol. The molecule has 0 spiro atoms. The van der Waals surface area contributed by atoms with Crippen LogP contribution >= 0.6 is 0 Å². The van der Waals surface area contributed by atoms with E-state index in [4.69, 9.17) is 10.4 Å². The highest BCUT2D eigenvalue weighted by atomic mass is 16.2. The number of aliphatic hydroxyl groups excluding tert-OH is 1. The van der Waals surface area contributed by atoms with Crippen LogP contribution in [-0.2, 0) is 0 Å². The first-order valence-electron chi connectivity index (χ1n) is 4.52. The Bertz CT molecular complexity index is 380. The van der Waals surface area contributed by atoms with Gasteiger partial charge >= 0.3 is 0 Å². The summed E-state index contributed by atoms with van der Waals surface area (Å²) in [4.78, 5) is 0. The van der Waals surface area contributed by atoms with Gasteiger partial charge in [0.1, 0.15) is 0 Å². The molecule has 0 saturated carbocycles. The highest BCUT2D eigenvalue weighted by molar-refractivity contribution is 5.62. The minimum Gasteiger partial charge on any atom is -0.443 e. The molecule has 0 atom stereocenters. The highest BCUT2D eigenvalue weighted by Crippen LogP contribution is 2.17. The van der Waals surface area contributed by atoms with E-state index >= 15 is 0 Å². The third kappa shape index (κ3) is 3.53. The van der Waals surface area contributed by atoms with E-state index in [0.717, 1.165) is 6.26 Å². The average Bonchev–Trinajstić information content (AvgIpc) is 2.32. The van der Waals surface area contributed by atoms with Gasteiger partial charge in [-0.2, -0.15) is 5.26 Å². The number of hydrogen-bond acceptors (Lipinski definition) is 2. The monoisotopic (exact) mass is 197 g/mol. The minimum absolute atomic E-state index is 0.750. The molecule has 2 aromatic rings. The first-order chi connectivity index (χ1) is 7.38. The largest absolute Gasteiger partial charge is 0.443 e. The quantitative estimate of drug-likeness (QED) is 0.713. The van der Waals surface area contributed by atoms with Crippen LogP contribution in [0.3, 0.4) is 0 Å². The Balaban J connectivity index is 0.000000337.